The van der Waals surface area contributed by atoms with Crippen LogP contribution in [0.15, 0.2) is 12.3 Å². The lowest BCUT2D eigenvalue weighted by Gasteiger charge is -2.06. The van der Waals surface area contributed by atoms with Crippen LogP contribution in [0.1, 0.15) is 30.1 Å². The second kappa shape index (κ2) is 4.70. The molecule has 0 radical (unpaired) electrons. The van der Waals surface area contributed by atoms with Crippen molar-refractivity contribution in [1.29, 1.82) is 0 Å². The SMILES string of the molecule is CCOC(=O)c1cnc(OC2CC2)cc1Cl. The van der Waals surface area contributed by atoms with Crippen LogP contribution < -0.4 is 4.74 Å². The summed E-state index contributed by atoms with van der Waals surface area (Å²) in [6, 6.07) is 1.55. The van der Waals surface area contributed by atoms with Crippen LogP contribution in [-0.2, 0) is 4.74 Å². The highest BCUT2D eigenvalue weighted by Gasteiger charge is 2.24. The fourth-order valence-corrected chi connectivity index (χ4v) is 1.41. The quantitative estimate of drug-likeness (QED) is 0.760. The molecule has 0 saturated heterocycles. The van der Waals surface area contributed by atoms with Gasteiger partial charge in [0.2, 0.25) is 5.88 Å². The number of halogens is 1. The van der Waals surface area contributed by atoms with Crippen molar-refractivity contribution in [2.75, 3.05) is 6.61 Å². The molecule has 0 atom stereocenters. The van der Waals surface area contributed by atoms with E-state index in [0.717, 1.165) is 12.8 Å². The summed E-state index contributed by atoms with van der Waals surface area (Å²) in [7, 11) is 0. The summed E-state index contributed by atoms with van der Waals surface area (Å²) in [6.45, 7) is 2.05. The van der Waals surface area contributed by atoms with Crippen LogP contribution in [0, 0.1) is 0 Å². The van der Waals surface area contributed by atoms with Gasteiger partial charge in [0, 0.05) is 12.3 Å². The molecule has 1 aliphatic carbocycles. The van der Waals surface area contributed by atoms with Gasteiger partial charge in [-0.05, 0) is 19.8 Å². The van der Waals surface area contributed by atoms with E-state index in [4.69, 9.17) is 21.1 Å². The summed E-state index contributed by atoms with van der Waals surface area (Å²) in [5.74, 6) is -0.00137. The minimum Gasteiger partial charge on any atom is -0.474 e. The van der Waals surface area contributed by atoms with E-state index in [2.05, 4.69) is 4.98 Å². The minimum atomic E-state index is -0.460. The minimum absolute atomic E-state index is 0.261. The molecule has 1 saturated carbocycles. The van der Waals surface area contributed by atoms with Crippen molar-refractivity contribution in [3.63, 3.8) is 0 Å². The molecule has 4 nitrogen and oxygen atoms in total. The van der Waals surface area contributed by atoms with Crippen LogP contribution in [0.2, 0.25) is 5.02 Å². The maximum atomic E-state index is 11.4. The van der Waals surface area contributed by atoms with E-state index in [1.54, 1.807) is 13.0 Å². The summed E-state index contributed by atoms with van der Waals surface area (Å²) < 4.78 is 10.3. The van der Waals surface area contributed by atoms with Crippen molar-refractivity contribution >= 4 is 17.6 Å². The molecule has 0 aromatic carbocycles. The van der Waals surface area contributed by atoms with Gasteiger partial charge in [-0.2, -0.15) is 0 Å². The maximum absolute atomic E-state index is 11.4. The van der Waals surface area contributed by atoms with E-state index in [-0.39, 0.29) is 11.7 Å². The van der Waals surface area contributed by atoms with Crippen molar-refractivity contribution in [1.82, 2.24) is 4.98 Å². The Morgan fingerprint density at radius 3 is 2.94 bits per heavy atom. The molecular weight excluding hydrogens is 230 g/mol. The number of esters is 1. The summed E-state index contributed by atoms with van der Waals surface area (Å²) >= 11 is 5.94. The van der Waals surface area contributed by atoms with Crippen molar-refractivity contribution < 1.29 is 14.3 Å². The highest BCUT2D eigenvalue weighted by molar-refractivity contribution is 6.33. The predicted molar refractivity (Wildman–Crippen MR) is 58.9 cm³/mol. The van der Waals surface area contributed by atoms with Crippen LogP contribution >= 0.6 is 11.6 Å². The molecular formula is C11H12ClNO3. The van der Waals surface area contributed by atoms with Gasteiger partial charge >= 0.3 is 5.97 Å². The zero-order valence-electron chi connectivity index (χ0n) is 8.90. The molecule has 1 heterocycles. The van der Waals surface area contributed by atoms with Gasteiger partial charge in [0.25, 0.3) is 0 Å². The first-order chi connectivity index (χ1) is 7.70. The molecule has 5 heteroatoms. The van der Waals surface area contributed by atoms with Gasteiger partial charge in [-0.25, -0.2) is 9.78 Å². The van der Waals surface area contributed by atoms with Crippen molar-refractivity contribution in [2.45, 2.75) is 25.9 Å². The number of aromatic nitrogens is 1. The summed E-state index contributed by atoms with van der Waals surface area (Å²) in [4.78, 5) is 15.4. The zero-order valence-corrected chi connectivity index (χ0v) is 9.66. The molecule has 1 fully saturated rings. The standard InChI is InChI=1S/C11H12ClNO3/c1-2-15-11(14)8-6-13-10(5-9(8)12)16-7-3-4-7/h5-7H,2-4H2,1H3. The Morgan fingerprint density at radius 2 is 2.38 bits per heavy atom. The molecule has 86 valence electrons. The van der Waals surface area contributed by atoms with E-state index in [1.807, 2.05) is 0 Å². The Morgan fingerprint density at radius 1 is 1.62 bits per heavy atom. The van der Waals surface area contributed by atoms with Crippen LogP contribution in [-0.4, -0.2) is 23.7 Å². The molecule has 1 aromatic heterocycles. The molecule has 2 rings (SSSR count). The van der Waals surface area contributed by atoms with Gasteiger partial charge in [-0.1, -0.05) is 11.6 Å². The smallest absolute Gasteiger partial charge is 0.341 e. The number of nitrogens with zero attached hydrogens (tertiary/aromatic N) is 1. The van der Waals surface area contributed by atoms with Crippen LogP contribution in [0.3, 0.4) is 0 Å². The van der Waals surface area contributed by atoms with Gasteiger partial charge < -0.3 is 9.47 Å². The van der Waals surface area contributed by atoms with E-state index < -0.39 is 5.97 Å². The molecule has 1 aromatic rings. The number of hydrogen-bond acceptors (Lipinski definition) is 4. The second-order valence-corrected chi connectivity index (χ2v) is 3.95. The molecule has 16 heavy (non-hydrogen) atoms. The Balaban J connectivity index is 2.11. The molecule has 0 spiro atoms. The Hall–Kier alpha value is -1.29. The van der Waals surface area contributed by atoms with Crippen LogP contribution in [0.5, 0.6) is 5.88 Å². The van der Waals surface area contributed by atoms with Gasteiger partial charge in [-0.3, -0.25) is 0 Å². The first-order valence-corrected chi connectivity index (χ1v) is 5.58. The van der Waals surface area contributed by atoms with Gasteiger partial charge in [0.05, 0.1) is 17.2 Å². The molecule has 1 aliphatic rings. The molecule has 0 aliphatic heterocycles. The summed E-state index contributed by atoms with van der Waals surface area (Å²) in [5, 5.41) is 0.309. The topological polar surface area (TPSA) is 48.4 Å². The third kappa shape index (κ3) is 2.64. The van der Waals surface area contributed by atoms with E-state index in [1.165, 1.54) is 6.20 Å². The van der Waals surface area contributed by atoms with Gasteiger partial charge in [0.15, 0.2) is 0 Å². The van der Waals surface area contributed by atoms with Crippen molar-refractivity contribution in [3.05, 3.63) is 22.8 Å². The average Bonchev–Trinajstić information content (AvgIpc) is 3.02. The van der Waals surface area contributed by atoms with Gasteiger partial charge in [0.1, 0.15) is 6.10 Å². The lowest BCUT2D eigenvalue weighted by atomic mass is 10.3. The maximum Gasteiger partial charge on any atom is 0.341 e. The zero-order chi connectivity index (χ0) is 11.5. The fraction of sp³-hybridized carbons (Fsp3) is 0.455. The first kappa shape index (κ1) is 11.2. The fourth-order valence-electron chi connectivity index (χ4n) is 1.19. The number of rotatable bonds is 4. The monoisotopic (exact) mass is 241 g/mol. The molecule has 0 bridgehead atoms. The Kier molecular flexibility index (Phi) is 3.29. The lowest BCUT2D eigenvalue weighted by Crippen LogP contribution is -2.07. The molecule has 0 amide bonds. The normalized spacial score (nSPS) is 14.6. The second-order valence-electron chi connectivity index (χ2n) is 3.54. The van der Waals surface area contributed by atoms with E-state index in [0.29, 0.717) is 17.5 Å². The number of carbonyl (C=O) groups is 1. The Bertz CT molecular complexity index is 404. The van der Waals surface area contributed by atoms with E-state index >= 15 is 0 Å². The van der Waals surface area contributed by atoms with Crippen LogP contribution in [0.4, 0.5) is 0 Å². The highest BCUT2D eigenvalue weighted by Crippen LogP contribution is 2.28. The first-order valence-electron chi connectivity index (χ1n) is 5.20. The highest BCUT2D eigenvalue weighted by atomic mass is 35.5. The van der Waals surface area contributed by atoms with Crippen LogP contribution in [0.25, 0.3) is 0 Å². The predicted octanol–water partition coefficient (Wildman–Crippen LogP) is 2.45. The molecule has 0 unspecified atom stereocenters. The van der Waals surface area contributed by atoms with Gasteiger partial charge in [-0.15, -0.1) is 0 Å². The average molecular weight is 242 g/mol. The number of hydrogen-bond donors (Lipinski definition) is 0. The van der Waals surface area contributed by atoms with E-state index in [9.17, 15) is 4.79 Å². The third-order valence-electron chi connectivity index (χ3n) is 2.14. The summed E-state index contributed by atoms with van der Waals surface area (Å²) in [5.41, 5.74) is 0.270. The lowest BCUT2D eigenvalue weighted by molar-refractivity contribution is 0.0526. The number of ether oxygens (including phenoxy) is 2. The summed E-state index contributed by atoms with van der Waals surface area (Å²) in [6.07, 6.45) is 3.76. The largest absolute Gasteiger partial charge is 0.474 e. The number of pyridine rings is 1. The number of carbonyl (C=O) groups excluding carboxylic acids is 1. The molecule has 0 N–H and O–H groups in total. The van der Waals surface area contributed by atoms with Crippen molar-refractivity contribution in [2.24, 2.45) is 0 Å². The Labute approximate surface area is 98.5 Å². The third-order valence-corrected chi connectivity index (χ3v) is 2.45. The van der Waals surface area contributed by atoms with Crippen molar-refractivity contribution in [3.8, 4) is 5.88 Å².